The van der Waals surface area contributed by atoms with E-state index in [0.717, 1.165) is 16.9 Å². The van der Waals surface area contributed by atoms with Crippen LogP contribution >= 0.6 is 0 Å². The molecule has 0 atom stereocenters. The molecule has 0 spiro atoms. The number of hydrogen-bond donors (Lipinski definition) is 1. The first-order valence-electron chi connectivity index (χ1n) is 8.36. The van der Waals surface area contributed by atoms with Gasteiger partial charge in [-0.1, -0.05) is 24.3 Å². The van der Waals surface area contributed by atoms with Crippen molar-refractivity contribution in [3.8, 4) is 5.75 Å². The highest BCUT2D eigenvalue weighted by molar-refractivity contribution is 5.80. The van der Waals surface area contributed by atoms with Crippen molar-refractivity contribution >= 4 is 11.9 Å². The Morgan fingerprint density at radius 3 is 2.23 bits per heavy atom. The fourth-order valence-corrected chi connectivity index (χ4v) is 2.31. The quantitative estimate of drug-likeness (QED) is 0.699. The average molecular weight is 359 g/mol. The zero-order chi connectivity index (χ0) is 18.8. The Morgan fingerprint density at radius 2 is 1.58 bits per heavy atom. The normalized spacial score (nSPS) is 10.2. The van der Waals surface area contributed by atoms with Gasteiger partial charge in [-0.2, -0.15) is 0 Å². The lowest BCUT2D eigenvalue weighted by Gasteiger charge is -2.07. The average Bonchev–Trinajstić information content (AvgIpc) is 2.66. The first-order valence-corrected chi connectivity index (χ1v) is 8.36. The van der Waals surface area contributed by atoms with Crippen molar-refractivity contribution in [3.63, 3.8) is 0 Å². The number of esters is 1. The molecule has 2 aromatic rings. The van der Waals surface area contributed by atoms with Crippen LogP contribution in [0.4, 0.5) is 4.39 Å². The van der Waals surface area contributed by atoms with Gasteiger partial charge in [0.1, 0.15) is 11.6 Å². The molecule has 1 N–H and O–H groups in total. The minimum atomic E-state index is -0.422. The van der Waals surface area contributed by atoms with Gasteiger partial charge in [0.2, 0.25) is 0 Å². The minimum absolute atomic E-state index is 0.204. The molecule has 0 aliphatic rings. The Hall–Kier alpha value is -2.89. The second kappa shape index (κ2) is 10.2. The summed E-state index contributed by atoms with van der Waals surface area (Å²) in [6.45, 7) is 0.0960. The van der Waals surface area contributed by atoms with Gasteiger partial charge < -0.3 is 14.8 Å². The van der Waals surface area contributed by atoms with Gasteiger partial charge in [-0.25, -0.2) is 4.39 Å². The smallest absolute Gasteiger partial charge is 0.306 e. The number of carbonyl (C=O) groups excluding carboxylic acids is 2. The fraction of sp³-hybridized carbons (Fsp3) is 0.300. The van der Waals surface area contributed by atoms with Gasteiger partial charge in [0, 0.05) is 13.0 Å². The minimum Gasteiger partial charge on any atom is -0.497 e. The molecule has 138 valence electrons. The van der Waals surface area contributed by atoms with Gasteiger partial charge >= 0.3 is 5.97 Å². The molecule has 0 saturated carbocycles. The number of hydrogen-bond acceptors (Lipinski definition) is 4. The highest BCUT2D eigenvalue weighted by Gasteiger charge is 2.08. The highest BCUT2D eigenvalue weighted by Crippen LogP contribution is 2.12. The predicted octanol–water partition coefficient (Wildman–Crippen LogP) is 2.67. The number of benzene rings is 2. The van der Waals surface area contributed by atoms with E-state index in [1.807, 2.05) is 24.3 Å². The van der Waals surface area contributed by atoms with Crippen molar-refractivity contribution in [2.45, 2.75) is 19.3 Å². The van der Waals surface area contributed by atoms with Crippen molar-refractivity contribution < 1.29 is 23.5 Å². The number of ether oxygens (including phenoxy) is 2. The SMILES string of the molecule is COc1ccc(CCC(=O)OCC(=O)NCCc2ccc(F)cc2)cc1. The van der Waals surface area contributed by atoms with Gasteiger partial charge in [-0.05, 0) is 48.2 Å². The third-order valence-corrected chi connectivity index (χ3v) is 3.79. The largest absolute Gasteiger partial charge is 0.497 e. The maximum atomic E-state index is 12.8. The molecule has 26 heavy (non-hydrogen) atoms. The molecule has 2 rings (SSSR count). The molecule has 0 aliphatic carbocycles. The van der Waals surface area contributed by atoms with Crippen molar-refractivity contribution in [3.05, 3.63) is 65.5 Å². The van der Waals surface area contributed by atoms with Crippen molar-refractivity contribution in [2.75, 3.05) is 20.3 Å². The molecule has 0 fully saturated rings. The van der Waals surface area contributed by atoms with Crippen LogP contribution < -0.4 is 10.1 Å². The van der Waals surface area contributed by atoms with Gasteiger partial charge in [0.15, 0.2) is 6.61 Å². The maximum Gasteiger partial charge on any atom is 0.306 e. The van der Waals surface area contributed by atoms with Crippen LogP contribution in [0, 0.1) is 5.82 Å². The second-order valence-corrected chi connectivity index (χ2v) is 5.74. The van der Waals surface area contributed by atoms with E-state index in [2.05, 4.69) is 5.32 Å². The summed E-state index contributed by atoms with van der Waals surface area (Å²) in [6, 6.07) is 13.5. The van der Waals surface area contributed by atoms with E-state index in [9.17, 15) is 14.0 Å². The van der Waals surface area contributed by atoms with E-state index in [1.165, 1.54) is 12.1 Å². The molecule has 0 bridgehead atoms. The van der Waals surface area contributed by atoms with Gasteiger partial charge in [0.05, 0.1) is 7.11 Å². The molecule has 1 amide bonds. The van der Waals surface area contributed by atoms with Gasteiger partial charge in [-0.15, -0.1) is 0 Å². The molecular weight excluding hydrogens is 337 g/mol. The summed E-state index contributed by atoms with van der Waals surface area (Å²) in [7, 11) is 1.59. The van der Waals surface area contributed by atoms with E-state index in [-0.39, 0.29) is 24.8 Å². The van der Waals surface area contributed by atoms with Crippen LogP contribution in [0.25, 0.3) is 0 Å². The zero-order valence-corrected chi connectivity index (χ0v) is 14.7. The lowest BCUT2D eigenvalue weighted by molar-refractivity contribution is -0.148. The Kier molecular flexibility index (Phi) is 7.61. The molecule has 5 nitrogen and oxygen atoms in total. The number of methoxy groups -OCH3 is 1. The molecule has 6 heteroatoms. The van der Waals surface area contributed by atoms with E-state index in [4.69, 9.17) is 9.47 Å². The second-order valence-electron chi connectivity index (χ2n) is 5.74. The predicted molar refractivity (Wildman–Crippen MR) is 95.4 cm³/mol. The first-order chi connectivity index (χ1) is 12.6. The van der Waals surface area contributed by atoms with Crippen LogP contribution in [0.2, 0.25) is 0 Å². The Labute approximate surface area is 152 Å². The Morgan fingerprint density at radius 1 is 0.962 bits per heavy atom. The van der Waals surface area contributed by atoms with Crippen LogP contribution in [0.1, 0.15) is 17.5 Å². The number of nitrogens with one attached hydrogen (secondary N) is 1. The van der Waals surface area contributed by atoms with Crippen molar-refractivity contribution in [2.24, 2.45) is 0 Å². The lowest BCUT2D eigenvalue weighted by atomic mass is 10.1. The summed E-state index contributed by atoms with van der Waals surface area (Å²) < 4.78 is 22.8. The van der Waals surface area contributed by atoms with Crippen LogP contribution in [0.5, 0.6) is 5.75 Å². The first kappa shape index (κ1) is 19.4. The summed E-state index contributed by atoms with van der Waals surface area (Å²) >= 11 is 0. The zero-order valence-electron chi connectivity index (χ0n) is 14.7. The highest BCUT2D eigenvalue weighted by atomic mass is 19.1. The molecule has 2 aromatic carbocycles. The van der Waals surface area contributed by atoms with Gasteiger partial charge in [-0.3, -0.25) is 9.59 Å². The summed E-state index contributed by atoms with van der Waals surface area (Å²) in [5, 5.41) is 2.66. The Bertz CT molecular complexity index is 714. The van der Waals surface area contributed by atoms with Crippen LogP contribution in [0.15, 0.2) is 48.5 Å². The molecular formula is C20H22FNO4. The lowest BCUT2D eigenvalue weighted by Crippen LogP contribution is -2.30. The standard InChI is InChI=1S/C20H22FNO4/c1-25-18-9-4-15(5-10-18)6-11-20(24)26-14-19(23)22-13-12-16-2-7-17(21)8-3-16/h2-5,7-10H,6,11-14H2,1H3,(H,22,23). The van der Waals surface area contributed by atoms with Crippen molar-refractivity contribution in [1.82, 2.24) is 5.32 Å². The van der Waals surface area contributed by atoms with E-state index >= 15 is 0 Å². The fourth-order valence-electron chi connectivity index (χ4n) is 2.31. The number of rotatable bonds is 9. The molecule has 0 aliphatic heterocycles. The van der Waals surface area contributed by atoms with Gasteiger partial charge in [0.25, 0.3) is 5.91 Å². The Balaban J connectivity index is 1.60. The summed E-state index contributed by atoms with van der Waals surface area (Å²) in [5.74, 6) is -0.313. The van der Waals surface area contributed by atoms with Crippen LogP contribution in [-0.2, 0) is 27.2 Å². The molecule has 0 aromatic heterocycles. The summed E-state index contributed by atoms with van der Waals surface area (Å²) in [6.07, 6.45) is 1.32. The third kappa shape index (κ3) is 6.93. The number of aryl methyl sites for hydroxylation is 1. The molecule has 0 radical (unpaired) electrons. The maximum absolute atomic E-state index is 12.8. The van der Waals surface area contributed by atoms with Crippen molar-refractivity contribution in [1.29, 1.82) is 0 Å². The monoisotopic (exact) mass is 359 g/mol. The summed E-state index contributed by atoms with van der Waals surface area (Å²) in [4.78, 5) is 23.4. The van der Waals surface area contributed by atoms with E-state index < -0.39 is 5.97 Å². The molecule has 0 heterocycles. The number of halogens is 1. The third-order valence-electron chi connectivity index (χ3n) is 3.79. The van der Waals surface area contributed by atoms with E-state index in [1.54, 1.807) is 19.2 Å². The summed E-state index contributed by atoms with van der Waals surface area (Å²) in [5.41, 5.74) is 1.91. The molecule has 0 saturated heterocycles. The topological polar surface area (TPSA) is 64.6 Å². The number of amides is 1. The molecule has 0 unspecified atom stereocenters. The number of carbonyl (C=O) groups is 2. The van der Waals surface area contributed by atoms with Crippen LogP contribution in [-0.4, -0.2) is 32.1 Å². The van der Waals surface area contributed by atoms with E-state index in [0.29, 0.717) is 19.4 Å². The van der Waals surface area contributed by atoms with Crippen LogP contribution in [0.3, 0.4) is 0 Å².